The number of hydrogen-bond acceptors (Lipinski definition) is 5. The lowest BCUT2D eigenvalue weighted by atomic mass is 9.91. The summed E-state index contributed by atoms with van der Waals surface area (Å²) in [6.45, 7) is 0. The summed E-state index contributed by atoms with van der Waals surface area (Å²) in [6, 6.07) is 39.9. The summed E-state index contributed by atoms with van der Waals surface area (Å²) in [4.78, 5) is 0. The van der Waals surface area contributed by atoms with Gasteiger partial charge in [0.1, 0.15) is 28.7 Å². The van der Waals surface area contributed by atoms with Gasteiger partial charge >= 0.3 is 0 Å². The molecule has 0 aliphatic heterocycles. The molecule has 0 spiro atoms. The highest BCUT2D eigenvalue weighted by atomic mass is 16.5. The molecular weight excluding hydrogens is 693 g/mol. The first-order valence-corrected chi connectivity index (χ1v) is 17.5. The zero-order valence-electron chi connectivity index (χ0n) is 31.7. The molecule has 0 unspecified atom stereocenters. The van der Waals surface area contributed by atoms with E-state index in [0.717, 1.165) is 56.6 Å². The molecule has 6 aromatic carbocycles. The normalized spacial score (nSPS) is 9.52. The molecule has 0 heterocycles. The Labute approximate surface area is 329 Å². The second kappa shape index (κ2) is 18.7. The van der Waals surface area contributed by atoms with E-state index >= 15 is 0 Å². The van der Waals surface area contributed by atoms with Crippen molar-refractivity contribution in [1.29, 1.82) is 0 Å². The first-order valence-electron chi connectivity index (χ1n) is 17.5. The van der Waals surface area contributed by atoms with Crippen LogP contribution in [0.5, 0.6) is 28.7 Å². The highest BCUT2D eigenvalue weighted by molar-refractivity contribution is 5.73. The second-order valence-electron chi connectivity index (χ2n) is 12.0. The van der Waals surface area contributed by atoms with Gasteiger partial charge in [0.2, 0.25) is 0 Å². The Balaban J connectivity index is 1.65. The second-order valence-corrected chi connectivity index (χ2v) is 12.0. The van der Waals surface area contributed by atoms with Crippen molar-refractivity contribution in [2.24, 2.45) is 0 Å². The summed E-state index contributed by atoms with van der Waals surface area (Å²) in [5.74, 6) is 37.5. The van der Waals surface area contributed by atoms with E-state index in [-0.39, 0.29) is 0 Å². The molecule has 0 atom stereocenters. The van der Waals surface area contributed by atoms with Crippen LogP contribution in [0.4, 0.5) is 0 Å². The fourth-order valence-electron chi connectivity index (χ4n) is 5.32. The van der Waals surface area contributed by atoms with Crippen molar-refractivity contribution in [3.63, 3.8) is 0 Å². The lowest BCUT2D eigenvalue weighted by Crippen LogP contribution is -2.00. The summed E-state index contributed by atoms with van der Waals surface area (Å²) < 4.78 is 26.9. The minimum atomic E-state index is 0.600. The molecule has 5 heteroatoms. The Hall–Kier alpha value is -7.88. The first-order chi connectivity index (χ1) is 27.5. The monoisotopic (exact) mass is 728 g/mol. The average molecular weight is 729 g/mol. The summed E-state index contributed by atoms with van der Waals surface area (Å²) in [5, 5.41) is 0. The lowest BCUT2D eigenvalue weighted by molar-refractivity contribution is 0.414. The minimum Gasteiger partial charge on any atom is -0.497 e. The molecule has 5 nitrogen and oxygen atoms in total. The first kappa shape index (κ1) is 37.9. The predicted molar refractivity (Wildman–Crippen MR) is 221 cm³/mol. The maximum absolute atomic E-state index is 5.39. The molecule has 0 saturated heterocycles. The molecule has 0 saturated carbocycles. The zero-order chi connectivity index (χ0) is 39.1. The van der Waals surface area contributed by atoms with Gasteiger partial charge < -0.3 is 23.7 Å². The van der Waals surface area contributed by atoms with Crippen LogP contribution in [0.1, 0.15) is 55.6 Å². The van der Waals surface area contributed by atoms with E-state index < -0.39 is 0 Å². The third-order valence-electron chi connectivity index (χ3n) is 8.46. The molecular formula is C51H36O5. The SMILES string of the molecule is COc1ccc(C#Cc2cc(C#Cc3ccc(OC)cc3)c(C#Cc3ccc(OC)cc3)c(C#Cc3ccc(OC)cc3)c2C#Cc2ccc(OC)cc2)cc1. The van der Waals surface area contributed by atoms with E-state index in [1.165, 1.54) is 0 Å². The molecule has 0 aliphatic carbocycles. The van der Waals surface area contributed by atoms with Crippen LogP contribution in [0.15, 0.2) is 127 Å². The van der Waals surface area contributed by atoms with Crippen LogP contribution < -0.4 is 23.7 Å². The molecule has 270 valence electrons. The molecule has 0 fully saturated rings. The summed E-state index contributed by atoms with van der Waals surface area (Å²) in [5.41, 5.74) is 7.13. The van der Waals surface area contributed by atoms with Gasteiger partial charge in [0.15, 0.2) is 0 Å². The van der Waals surface area contributed by atoms with E-state index in [4.69, 9.17) is 23.7 Å². The van der Waals surface area contributed by atoms with Crippen LogP contribution in [-0.2, 0) is 0 Å². The van der Waals surface area contributed by atoms with Crippen LogP contribution in [-0.4, -0.2) is 35.5 Å². The van der Waals surface area contributed by atoms with E-state index in [9.17, 15) is 0 Å². The van der Waals surface area contributed by atoms with Crippen molar-refractivity contribution in [2.45, 2.75) is 0 Å². The summed E-state index contributed by atoms with van der Waals surface area (Å²) in [7, 11) is 8.17. The van der Waals surface area contributed by atoms with Crippen LogP contribution in [0, 0.1) is 59.2 Å². The molecule has 0 aromatic heterocycles. The zero-order valence-corrected chi connectivity index (χ0v) is 31.7. The maximum atomic E-state index is 5.39. The van der Waals surface area contributed by atoms with Gasteiger partial charge in [-0.05, 0) is 127 Å². The van der Waals surface area contributed by atoms with Crippen molar-refractivity contribution in [2.75, 3.05) is 35.5 Å². The number of methoxy groups -OCH3 is 5. The number of ether oxygens (including phenoxy) is 5. The van der Waals surface area contributed by atoms with Gasteiger partial charge in [0, 0.05) is 38.9 Å². The third-order valence-corrected chi connectivity index (χ3v) is 8.46. The molecule has 6 rings (SSSR count). The van der Waals surface area contributed by atoms with Crippen LogP contribution in [0.3, 0.4) is 0 Å². The summed E-state index contributed by atoms with van der Waals surface area (Å²) >= 11 is 0. The Morgan fingerprint density at radius 1 is 0.250 bits per heavy atom. The van der Waals surface area contributed by atoms with Crippen LogP contribution in [0.2, 0.25) is 0 Å². The van der Waals surface area contributed by atoms with Crippen molar-refractivity contribution in [3.05, 3.63) is 183 Å². The highest BCUT2D eigenvalue weighted by Crippen LogP contribution is 2.24. The van der Waals surface area contributed by atoms with E-state index in [1.807, 2.05) is 127 Å². The molecule has 0 N–H and O–H groups in total. The fourth-order valence-corrected chi connectivity index (χ4v) is 5.32. The van der Waals surface area contributed by atoms with Crippen molar-refractivity contribution in [1.82, 2.24) is 0 Å². The summed E-state index contributed by atoms with van der Waals surface area (Å²) in [6.07, 6.45) is 0. The Morgan fingerprint density at radius 2 is 0.464 bits per heavy atom. The number of hydrogen-bond donors (Lipinski definition) is 0. The van der Waals surface area contributed by atoms with Gasteiger partial charge in [-0.25, -0.2) is 0 Å². The molecule has 0 aliphatic rings. The largest absolute Gasteiger partial charge is 0.497 e. The molecule has 0 bridgehead atoms. The Bertz CT molecular complexity index is 2480. The highest BCUT2D eigenvalue weighted by Gasteiger charge is 2.15. The van der Waals surface area contributed by atoms with Crippen LogP contribution >= 0.6 is 0 Å². The Kier molecular flexibility index (Phi) is 12.7. The van der Waals surface area contributed by atoms with Gasteiger partial charge in [-0.3, -0.25) is 0 Å². The van der Waals surface area contributed by atoms with Gasteiger partial charge in [-0.1, -0.05) is 59.2 Å². The molecule has 6 aromatic rings. The standard InChI is InChI=1S/C51H36O5/c1-52-44-23-8-37(9-24-44)6-21-42-36-43(22-7-38-10-25-45(53-2)26-11-38)50(34-19-40-14-29-47(55-4)30-15-40)51(35-20-41-16-31-48(56-5)32-17-41)49(42)33-18-39-12-27-46(54-3)28-13-39/h8-17,23-32,36H,1-5H3. The van der Waals surface area contributed by atoms with E-state index in [2.05, 4.69) is 59.2 Å². The van der Waals surface area contributed by atoms with Gasteiger partial charge in [-0.15, -0.1) is 0 Å². The van der Waals surface area contributed by atoms with Crippen molar-refractivity contribution < 1.29 is 23.7 Å². The van der Waals surface area contributed by atoms with Gasteiger partial charge in [-0.2, -0.15) is 0 Å². The number of benzene rings is 6. The van der Waals surface area contributed by atoms with Crippen LogP contribution in [0.25, 0.3) is 0 Å². The van der Waals surface area contributed by atoms with Gasteiger partial charge in [0.05, 0.1) is 52.2 Å². The van der Waals surface area contributed by atoms with E-state index in [1.54, 1.807) is 35.5 Å². The molecule has 0 radical (unpaired) electrons. The van der Waals surface area contributed by atoms with E-state index in [0.29, 0.717) is 27.8 Å². The molecule has 56 heavy (non-hydrogen) atoms. The van der Waals surface area contributed by atoms with Crippen molar-refractivity contribution in [3.8, 4) is 88.0 Å². The van der Waals surface area contributed by atoms with Crippen molar-refractivity contribution >= 4 is 0 Å². The lowest BCUT2D eigenvalue weighted by Gasteiger charge is -2.09. The fraction of sp³-hybridized carbons (Fsp3) is 0.0980. The Morgan fingerprint density at radius 3 is 0.696 bits per heavy atom. The molecule has 0 amide bonds. The maximum Gasteiger partial charge on any atom is 0.118 e. The quantitative estimate of drug-likeness (QED) is 0.166. The number of rotatable bonds is 5. The predicted octanol–water partition coefficient (Wildman–Crippen LogP) is 8.73. The smallest absolute Gasteiger partial charge is 0.118 e. The third kappa shape index (κ3) is 9.95. The minimum absolute atomic E-state index is 0.600. The van der Waals surface area contributed by atoms with Gasteiger partial charge in [0.25, 0.3) is 0 Å². The average Bonchev–Trinajstić information content (AvgIpc) is 3.26. The topological polar surface area (TPSA) is 46.2 Å².